The maximum absolute atomic E-state index is 12.1. The van der Waals surface area contributed by atoms with Crippen LogP contribution >= 0.6 is 0 Å². The van der Waals surface area contributed by atoms with Crippen molar-refractivity contribution in [2.45, 2.75) is 19.8 Å². The van der Waals surface area contributed by atoms with Crippen molar-refractivity contribution >= 4 is 33.9 Å². The molecule has 124 valence electrons. The summed E-state index contributed by atoms with van der Waals surface area (Å²) >= 11 is 0. The van der Waals surface area contributed by atoms with E-state index in [0.717, 1.165) is 22.0 Å². The average Bonchev–Trinajstić information content (AvgIpc) is 2.98. The third-order valence-electron chi connectivity index (χ3n) is 4.10. The first-order valence-electron chi connectivity index (χ1n) is 8.15. The van der Waals surface area contributed by atoms with Gasteiger partial charge in [0, 0.05) is 17.3 Å². The fourth-order valence-corrected chi connectivity index (χ4v) is 2.83. The van der Waals surface area contributed by atoms with Crippen molar-refractivity contribution in [3.63, 3.8) is 0 Å². The van der Waals surface area contributed by atoms with Gasteiger partial charge in [-0.2, -0.15) is 4.98 Å². The number of anilines is 1. The van der Waals surface area contributed by atoms with E-state index in [9.17, 15) is 4.79 Å². The Morgan fingerprint density at radius 2 is 1.96 bits per heavy atom. The Morgan fingerprint density at radius 1 is 1.12 bits per heavy atom. The summed E-state index contributed by atoms with van der Waals surface area (Å²) in [4.78, 5) is 19.7. The Labute approximate surface area is 144 Å². The molecule has 6 heteroatoms. The molecule has 0 saturated carbocycles. The van der Waals surface area contributed by atoms with Gasteiger partial charge in [-0.05, 0) is 31.0 Å². The average molecular weight is 331 g/mol. The predicted octanol–water partition coefficient (Wildman–Crippen LogP) is 3.39. The second-order valence-corrected chi connectivity index (χ2v) is 6.04. The highest BCUT2D eigenvalue weighted by Crippen LogP contribution is 2.23. The number of aryl methyl sites for hydroxylation is 2. The topological polar surface area (TPSA) is 83.6 Å². The molecule has 0 unspecified atom stereocenters. The van der Waals surface area contributed by atoms with Crippen LogP contribution in [0.15, 0.2) is 48.5 Å². The van der Waals surface area contributed by atoms with Crippen LogP contribution in [0.4, 0.5) is 5.95 Å². The minimum atomic E-state index is -0.128. The molecule has 2 aromatic heterocycles. The van der Waals surface area contributed by atoms with Crippen LogP contribution in [0, 0.1) is 6.92 Å². The molecular weight excluding hydrogens is 314 g/mol. The molecule has 0 aliphatic rings. The number of benzene rings is 2. The van der Waals surface area contributed by atoms with Crippen LogP contribution in [0.2, 0.25) is 0 Å². The second-order valence-electron chi connectivity index (χ2n) is 6.04. The number of carbonyl (C=O) groups is 1. The number of nitrogens with one attached hydrogen (secondary N) is 2. The van der Waals surface area contributed by atoms with Gasteiger partial charge in [0.25, 0.3) is 5.95 Å². The first kappa shape index (κ1) is 15.3. The number of aromatic nitrogens is 4. The van der Waals surface area contributed by atoms with Crippen molar-refractivity contribution in [1.29, 1.82) is 0 Å². The zero-order valence-corrected chi connectivity index (χ0v) is 13.8. The highest BCUT2D eigenvalue weighted by Gasteiger charge is 2.11. The van der Waals surface area contributed by atoms with Crippen LogP contribution in [0.3, 0.4) is 0 Å². The van der Waals surface area contributed by atoms with Gasteiger partial charge in [-0.1, -0.05) is 42.0 Å². The molecule has 0 fully saturated rings. The number of aromatic amines is 1. The highest BCUT2D eigenvalue weighted by molar-refractivity contribution is 6.03. The molecule has 4 aromatic rings. The van der Waals surface area contributed by atoms with Gasteiger partial charge >= 0.3 is 0 Å². The van der Waals surface area contributed by atoms with Gasteiger partial charge in [-0.25, -0.2) is 0 Å². The molecule has 0 bridgehead atoms. The zero-order chi connectivity index (χ0) is 17.2. The van der Waals surface area contributed by atoms with Crippen LogP contribution in [0.1, 0.15) is 17.5 Å². The summed E-state index contributed by atoms with van der Waals surface area (Å²) in [5.74, 6) is 0.0887. The van der Waals surface area contributed by atoms with E-state index in [-0.39, 0.29) is 11.9 Å². The lowest BCUT2D eigenvalue weighted by atomic mass is 10.1. The minimum Gasteiger partial charge on any atom is -0.338 e. The largest absolute Gasteiger partial charge is 0.338 e. The lowest BCUT2D eigenvalue weighted by Crippen LogP contribution is -2.15. The Hall–Kier alpha value is -3.28. The third-order valence-corrected chi connectivity index (χ3v) is 4.10. The van der Waals surface area contributed by atoms with Crippen molar-refractivity contribution in [2.24, 2.45) is 0 Å². The molecule has 1 amide bonds. The quantitative estimate of drug-likeness (QED) is 0.600. The molecule has 0 radical (unpaired) electrons. The molecule has 2 heterocycles. The van der Waals surface area contributed by atoms with Crippen LogP contribution in [0.25, 0.3) is 22.1 Å². The van der Waals surface area contributed by atoms with Crippen LogP contribution in [-0.2, 0) is 11.2 Å². The Bertz CT molecular complexity index is 1060. The second kappa shape index (κ2) is 6.32. The van der Waals surface area contributed by atoms with Gasteiger partial charge in [0.1, 0.15) is 5.52 Å². The van der Waals surface area contributed by atoms with E-state index in [2.05, 4.69) is 25.5 Å². The molecule has 0 aliphatic carbocycles. The molecule has 2 aromatic carbocycles. The van der Waals surface area contributed by atoms with Crippen LogP contribution in [-0.4, -0.2) is 26.1 Å². The van der Waals surface area contributed by atoms with Crippen LogP contribution in [0.5, 0.6) is 0 Å². The Morgan fingerprint density at radius 3 is 2.80 bits per heavy atom. The molecule has 6 nitrogen and oxygen atoms in total. The summed E-state index contributed by atoms with van der Waals surface area (Å²) in [7, 11) is 0. The van der Waals surface area contributed by atoms with Crippen molar-refractivity contribution in [1.82, 2.24) is 20.2 Å². The fraction of sp³-hybridized carbons (Fsp3) is 0.158. The lowest BCUT2D eigenvalue weighted by Gasteiger charge is -2.03. The highest BCUT2D eigenvalue weighted by atomic mass is 16.1. The number of rotatable bonds is 4. The van der Waals surface area contributed by atoms with Crippen molar-refractivity contribution in [3.05, 3.63) is 59.7 Å². The molecule has 0 aliphatic heterocycles. The third kappa shape index (κ3) is 3.19. The van der Waals surface area contributed by atoms with Crippen molar-refractivity contribution in [2.75, 3.05) is 5.32 Å². The zero-order valence-electron chi connectivity index (χ0n) is 13.8. The van der Waals surface area contributed by atoms with E-state index in [4.69, 9.17) is 0 Å². The molecule has 2 N–H and O–H groups in total. The summed E-state index contributed by atoms with van der Waals surface area (Å²) in [5, 5.41) is 12.0. The number of H-pyrrole nitrogens is 1. The van der Waals surface area contributed by atoms with Gasteiger partial charge in [0.05, 0.1) is 0 Å². The minimum absolute atomic E-state index is 0.128. The van der Waals surface area contributed by atoms with Crippen LogP contribution < -0.4 is 5.32 Å². The Kier molecular flexibility index (Phi) is 3.85. The summed E-state index contributed by atoms with van der Waals surface area (Å²) in [5.41, 5.74) is 4.55. The number of nitrogens with zero attached hydrogens (tertiary/aromatic N) is 3. The lowest BCUT2D eigenvalue weighted by molar-refractivity contribution is -0.116. The normalized spacial score (nSPS) is 11.1. The standard InChI is InChI=1S/C19H17N5O/c1-12-7-9-15-14(11-12)17-18(20-15)22-19(24-23-17)21-16(25)10-8-13-5-3-2-4-6-13/h2-7,9,11H,8,10H2,1H3,(H2,20,21,22,24,25). The fourth-order valence-electron chi connectivity index (χ4n) is 2.83. The molecular formula is C19H17N5O. The van der Waals surface area contributed by atoms with Gasteiger partial charge in [0.2, 0.25) is 5.91 Å². The maximum atomic E-state index is 12.1. The van der Waals surface area contributed by atoms with Gasteiger partial charge in [-0.15, -0.1) is 10.2 Å². The van der Waals surface area contributed by atoms with E-state index in [1.807, 2.05) is 55.5 Å². The molecule has 4 rings (SSSR count). The number of hydrogen-bond donors (Lipinski definition) is 2. The molecule has 0 atom stereocenters. The van der Waals surface area contributed by atoms with E-state index in [1.165, 1.54) is 0 Å². The van der Waals surface area contributed by atoms with E-state index < -0.39 is 0 Å². The summed E-state index contributed by atoms with van der Waals surface area (Å²) in [6.07, 6.45) is 1.05. The van der Waals surface area contributed by atoms with E-state index in [0.29, 0.717) is 24.0 Å². The van der Waals surface area contributed by atoms with Crippen molar-refractivity contribution < 1.29 is 4.79 Å². The van der Waals surface area contributed by atoms with Gasteiger partial charge in [-0.3, -0.25) is 10.1 Å². The number of carbonyl (C=O) groups excluding carboxylic acids is 1. The predicted molar refractivity (Wildman–Crippen MR) is 97.3 cm³/mol. The first-order valence-corrected chi connectivity index (χ1v) is 8.15. The summed E-state index contributed by atoms with van der Waals surface area (Å²) in [6, 6.07) is 16.0. The summed E-state index contributed by atoms with van der Waals surface area (Å²) in [6.45, 7) is 2.03. The van der Waals surface area contributed by atoms with Gasteiger partial charge < -0.3 is 4.98 Å². The van der Waals surface area contributed by atoms with E-state index >= 15 is 0 Å². The Balaban J connectivity index is 1.51. The SMILES string of the molecule is Cc1ccc2[nH]c3nc(NC(=O)CCc4ccccc4)nnc3c2c1. The van der Waals surface area contributed by atoms with Gasteiger partial charge in [0.15, 0.2) is 5.65 Å². The number of fused-ring (bicyclic) bond motifs is 3. The molecule has 25 heavy (non-hydrogen) atoms. The monoisotopic (exact) mass is 331 g/mol. The maximum Gasteiger partial charge on any atom is 0.251 e. The number of hydrogen-bond acceptors (Lipinski definition) is 4. The first-order chi connectivity index (χ1) is 12.2. The smallest absolute Gasteiger partial charge is 0.251 e. The summed E-state index contributed by atoms with van der Waals surface area (Å²) < 4.78 is 0. The van der Waals surface area contributed by atoms with Crippen molar-refractivity contribution in [3.8, 4) is 0 Å². The molecule has 0 saturated heterocycles. The number of amides is 1. The van der Waals surface area contributed by atoms with E-state index in [1.54, 1.807) is 0 Å². The molecule has 0 spiro atoms.